The van der Waals surface area contributed by atoms with Crippen LogP contribution in [0.25, 0.3) is 0 Å². The lowest BCUT2D eigenvalue weighted by Gasteiger charge is -2.35. The number of aliphatic imine (C=N–C) groups is 1. The lowest BCUT2D eigenvalue weighted by molar-refractivity contribution is 0.143. The molecule has 6 heteroatoms. The van der Waals surface area contributed by atoms with Crippen LogP contribution in [0.3, 0.4) is 0 Å². The molecule has 0 aromatic heterocycles. The fraction of sp³-hybridized carbons (Fsp3) is 0.929. The van der Waals surface area contributed by atoms with Gasteiger partial charge in [0.2, 0.25) is 0 Å². The molecule has 1 unspecified atom stereocenters. The van der Waals surface area contributed by atoms with E-state index in [0.717, 1.165) is 25.6 Å². The first-order valence-electron chi connectivity index (χ1n) is 7.53. The predicted molar refractivity (Wildman–Crippen MR) is 100 cm³/mol. The van der Waals surface area contributed by atoms with Crippen molar-refractivity contribution in [2.24, 2.45) is 16.6 Å². The van der Waals surface area contributed by atoms with Gasteiger partial charge >= 0.3 is 0 Å². The van der Waals surface area contributed by atoms with Crippen LogP contribution in [0.5, 0.6) is 0 Å². The number of guanidine groups is 1. The van der Waals surface area contributed by atoms with Crippen molar-refractivity contribution in [3.05, 3.63) is 0 Å². The van der Waals surface area contributed by atoms with E-state index in [1.807, 2.05) is 11.8 Å². The van der Waals surface area contributed by atoms with Gasteiger partial charge in [-0.3, -0.25) is 4.99 Å². The zero-order valence-electron chi connectivity index (χ0n) is 12.8. The van der Waals surface area contributed by atoms with Crippen molar-refractivity contribution in [1.29, 1.82) is 0 Å². The minimum absolute atomic E-state index is 0. The van der Waals surface area contributed by atoms with Gasteiger partial charge in [0.25, 0.3) is 0 Å². The molecule has 2 fully saturated rings. The Kier molecular flexibility index (Phi) is 8.59. The van der Waals surface area contributed by atoms with Gasteiger partial charge in [-0.15, -0.1) is 24.0 Å². The van der Waals surface area contributed by atoms with E-state index in [2.05, 4.69) is 28.6 Å². The Morgan fingerprint density at radius 3 is 2.65 bits per heavy atom. The van der Waals surface area contributed by atoms with Gasteiger partial charge in [0.05, 0.1) is 0 Å². The second-order valence-electron chi connectivity index (χ2n) is 5.90. The number of hydrogen-bond acceptors (Lipinski definition) is 3. The van der Waals surface area contributed by atoms with Crippen LogP contribution >= 0.6 is 35.7 Å². The SMILES string of the molecule is CC(C)N1CCCC(CN=C(N)N2CCSCC2)C1.I. The Morgan fingerprint density at radius 1 is 1.30 bits per heavy atom. The molecule has 2 aliphatic rings. The number of likely N-dealkylation sites (tertiary alicyclic amines) is 1. The zero-order valence-corrected chi connectivity index (χ0v) is 15.9. The molecule has 0 aromatic carbocycles. The first-order valence-corrected chi connectivity index (χ1v) is 8.69. The molecule has 2 heterocycles. The second kappa shape index (κ2) is 9.35. The highest BCUT2D eigenvalue weighted by atomic mass is 127. The van der Waals surface area contributed by atoms with Crippen LogP contribution < -0.4 is 5.73 Å². The number of nitrogens with zero attached hydrogens (tertiary/aromatic N) is 3. The summed E-state index contributed by atoms with van der Waals surface area (Å²) in [5.41, 5.74) is 6.11. The maximum absolute atomic E-state index is 6.11. The van der Waals surface area contributed by atoms with Crippen LogP contribution in [-0.4, -0.2) is 66.0 Å². The Labute approximate surface area is 144 Å². The van der Waals surface area contributed by atoms with E-state index in [9.17, 15) is 0 Å². The molecule has 0 bridgehead atoms. The number of hydrogen-bond donors (Lipinski definition) is 1. The van der Waals surface area contributed by atoms with Gasteiger partial charge in [0.15, 0.2) is 5.96 Å². The van der Waals surface area contributed by atoms with E-state index in [0.29, 0.717) is 12.0 Å². The third-order valence-electron chi connectivity index (χ3n) is 4.13. The van der Waals surface area contributed by atoms with Crippen molar-refractivity contribution in [1.82, 2.24) is 9.80 Å². The highest BCUT2D eigenvalue weighted by Gasteiger charge is 2.21. The molecule has 2 N–H and O–H groups in total. The topological polar surface area (TPSA) is 44.9 Å². The minimum Gasteiger partial charge on any atom is -0.370 e. The molecule has 118 valence electrons. The third kappa shape index (κ3) is 5.60. The maximum atomic E-state index is 6.11. The largest absolute Gasteiger partial charge is 0.370 e. The molecular formula is C14H29IN4S. The van der Waals surface area contributed by atoms with Crippen LogP contribution in [0, 0.1) is 5.92 Å². The van der Waals surface area contributed by atoms with E-state index in [4.69, 9.17) is 5.73 Å². The van der Waals surface area contributed by atoms with Gasteiger partial charge in [-0.05, 0) is 39.2 Å². The van der Waals surface area contributed by atoms with Crippen LogP contribution in [0.15, 0.2) is 4.99 Å². The summed E-state index contributed by atoms with van der Waals surface area (Å²) in [4.78, 5) is 9.45. The lowest BCUT2D eigenvalue weighted by Crippen LogP contribution is -2.44. The van der Waals surface area contributed by atoms with Crippen molar-refractivity contribution in [2.75, 3.05) is 44.2 Å². The van der Waals surface area contributed by atoms with E-state index in [1.165, 1.54) is 37.4 Å². The van der Waals surface area contributed by atoms with Crippen molar-refractivity contribution in [3.63, 3.8) is 0 Å². The summed E-state index contributed by atoms with van der Waals surface area (Å²) in [6.45, 7) is 10.0. The predicted octanol–water partition coefficient (Wildman–Crippen LogP) is 2.09. The zero-order chi connectivity index (χ0) is 13.7. The summed E-state index contributed by atoms with van der Waals surface area (Å²) < 4.78 is 0. The average Bonchev–Trinajstić information content (AvgIpc) is 2.46. The van der Waals surface area contributed by atoms with Gasteiger partial charge in [-0.2, -0.15) is 11.8 Å². The second-order valence-corrected chi connectivity index (χ2v) is 7.12. The Morgan fingerprint density at radius 2 is 2.00 bits per heavy atom. The van der Waals surface area contributed by atoms with Crippen molar-refractivity contribution in [3.8, 4) is 0 Å². The minimum atomic E-state index is 0. The van der Waals surface area contributed by atoms with Gasteiger partial charge in [0, 0.05) is 43.7 Å². The van der Waals surface area contributed by atoms with E-state index >= 15 is 0 Å². The summed E-state index contributed by atoms with van der Waals surface area (Å²) in [5, 5.41) is 0. The van der Waals surface area contributed by atoms with Gasteiger partial charge in [0.1, 0.15) is 0 Å². The Balaban J connectivity index is 0.00000200. The number of thioether (sulfide) groups is 1. The van der Waals surface area contributed by atoms with Gasteiger partial charge in [-0.1, -0.05) is 0 Å². The van der Waals surface area contributed by atoms with E-state index in [-0.39, 0.29) is 24.0 Å². The van der Waals surface area contributed by atoms with Crippen LogP contribution in [0.4, 0.5) is 0 Å². The van der Waals surface area contributed by atoms with Gasteiger partial charge < -0.3 is 15.5 Å². The Hall–Kier alpha value is 0.310. The number of halogens is 1. The molecule has 0 amide bonds. The molecule has 0 radical (unpaired) electrons. The summed E-state index contributed by atoms with van der Waals surface area (Å²) in [6, 6.07) is 0.656. The molecule has 1 atom stereocenters. The maximum Gasteiger partial charge on any atom is 0.191 e. The van der Waals surface area contributed by atoms with Gasteiger partial charge in [-0.25, -0.2) is 0 Å². The summed E-state index contributed by atoms with van der Waals surface area (Å²) in [5.74, 6) is 3.82. The normalized spacial score (nSPS) is 25.6. The summed E-state index contributed by atoms with van der Waals surface area (Å²) in [7, 11) is 0. The average molecular weight is 412 g/mol. The number of nitrogens with two attached hydrogens (primary N) is 1. The monoisotopic (exact) mass is 412 g/mol. The van der Waals surface area contributed by atoms with Crippen LogP contribution in [0.1, 0.15) is 26.7 Å². The molecule has 20 heavy (non-hydrogen) atoms. The lowest BCUT2D eigenvalue weighted by atomic mass is 9.97. The number of piperidine rings is 1. The quantitative estimate of drug-likeness (QED) is 0.438. The molecule has 2 aliphatic heterocycles. The molecule has 0 saturated carbocycles. The molecule has 0 aromatic rings. The van der Waals surface area contributed by atoms with Crippen molar-refractivity contribution < 1.29 is 0 Å². The van der Waals surface area contributed by atoms with Crippen LogP contribution in [0.2, 0.25) is 0 Å². The van der Waals surface area contributed by atoms with Crippen LogP contribution in [-0.2, 0) is 0 Å². The number of rotatable bonds is 3. The van der Waals surface area contributed by atoms with Crippen molar-refractivity contribution in [2.45, 2.75) is 32.7 Å². The first-order chi connectivity index (χ1) is 9.16. The molecular weight excluding hydrogens is 383 g/mol. The molecule has 0 spiro atoms. The first kappa shape index (κ1) is 18.4. The fourth-order valence-electron chi connectivity index (χ4n) is 2.83. The molecule has 2 saturated heterocycles. The Bertz CT molecular complexity index is 306. The van der Waals surface area contributed by atoms with E-state index < -0.39 is 0 Å². The standard InChI is InChI=1S/C14H28N4S.HI/c1-12(2)18-5-3-4-13(11-18)10-16-14(15)17-6-8-19-9-7-17;/h12-13H,3-11H2,1-2H3,(H2,15,16);1H. The van der Waals surface area contributed by atoms with Crippen molar-refractivity contribution >= 4 is 41.7 Å². The third-order valence-corrected chi connectivity index (χ3v) is 5.07. The summed E-state index contributed by atoms with van der Waals surface area (Å²) in [6.07, 6.45) is 2.61. The summed E-state index contributed by atoms with van der Waals surface area (Å²) >= 11 is 2.01. The van der Waals surface area contributed by atoms with E-state index in [1.54, 1.807) is 0 Å². The molecule has 0 aliphatic carbocycles. The fourth-order valence-corrected chi connectivity index (χ4v) is 3.73. The smallest absolute Gasteiger partial charge is 0.191 e. The molecule has 4 nitrogen and oxygen atoms in total. The highest BCUT2D eigenvalue weighted by Crippen LogP contribution is 2.18. The molecule has 2 rings (SSSR count). The highest BCUT2D eigenvalue weighted by molar-refractivity contribution is 14.0.